The largest absolute Gasteiger partial charge is 0.409 e. The molecule has 0 aromatic rings. The van der Waals surface area contributed by atoms with E-state index >= 15 is 0 Å². The summed E-state index contributed by atoms with van der Waals surface area (Å²) >= 11 is 0. The van der Waals surface area contributed by atoms with Crippen molar-refractivity contribution in [1.82, 2.24) is 4.90 Å². The zero-order valence-electron chi connectivity index (χ0n) is 9.64. The maximum atomic E-state index is 8.70. The first kappa shape index (κ1) is 11.7. The lowest BCUT2D eigenvalue weighted by Gasteiger charge is -2.39. The molecule has 0 amide bonds. The van der Waals surface area contributed by atoms with Crippen LogP contribution in [0.15, 0.2) is 5.16 Å². The van der Waals surface area contributed by atoms with E-state index in [1.54, 1.807) is 0 Å². The smallest absolute Gasteiger partial charge is 0.143 e. The average molecular weight is 227 g/mol. The van der Waals surface area contributed by atoms with Crippen LogP contribution in [0.1, 0.15) is 25.7 Å². The molecule has 2 unspecified atom stereocenters. The number of rotatable bonds is 2. The summed E-state index contributed by atoms with van der Waals surface area (Å²) in [6.45, 7) is 3.75. The van der Waals surface area contributed by atoms with Crippen LogP contribution in [0.25, 0.3) is 0 Å². The topological polar surface area (TPSA) is 71.1 Å². The molecule has 0 bridgehead atoms. The van der Waals surface area contributed by atoms with Crippen LogP contribution >= 0.6 is 0 Å². The minimum atomic E-state index is 0.209. The molecule has 2 saturated heterocycles. The van der Waals surface area contributed by atoms with E-state index in [4.69, 9.17) is 15.7 Å². The molecule has 2 atom stereocenters. The Morgan fingerprint density at radius 2 is 2.25 bits per heavy atom. The van der Waals surface area contributed by atoms with Gasteiger partial charge >= 0.3 is 0 Å². The van der Waals surface area contributed by atoms with Crippen LogP contribution in [-0.2, 0) is 4.74 Å². The number of nitrogens with zero attached hydrogens (tertiary/aromatic N) is 2. The molecular formula is C11H21N3O2. The number of ether oxygens (including phenoxy) is 1. The van der Waals surface area contributed by atoms with E-state index in [1.807, 2.05) is 0 Å². The summed E-state index contributed by atoms with van der Waals surface area (Å²) in [6, 6.07) is 0.531. The molecular weight excluding hydrogens is 206 g/mol. The minimum absolute atomic E-state index is 0.209. The highest BCUT2D eigenvalue weighted by Crippen LogP contribution is 2.22. The molecule has 92 valence electrons. The molecule has 0 aromatic heterocycles. The Hall–Kier alpha value is -0.810. The molecule has 0 aliphatic carbocycles. The number of oxime groups is 1. The van der Waals surface area contributed by atoms with Crippen LogP contribution in [0.4, 0.5) is 0 Å². The number of nitrogens with two attached hydrogens (primary N) is 1. The highest BCUT2D eigenvalue weighted by Gasteiger charge is 2.29. The molecule has 0 saturated carbocycles. The van der Waals surface area contributed by atoms with Crippen LogP contribution in [0, 0.1) is 5.92 Å². The molecule has 2 heterocycles. The summed E-state index contributed by atoms with van der Waals surface area (Å²) in [4.78, 5) is 2.44. The van der Waals surface area contributed by atoms with Gasteiger partial charge in [0.1, 0.15) is 5.84 Å². The Labute approximate surface area is 96.2 Å². The number of likely N-dealkylation sites (tertiary alicyclic amines) is 1. The summed E-state index contributed by atoms with van der Waals surface area (Å²) in [5, 5.41) is 11.8. The fraction of sp³-hybridized carbons (Fsp3) is 0.909. The molecule has 2 aliphatic heterocycles. The van der Waals surface area contributed by atoms with Crippen LogP contribution in [0.5, 0.6) is 0 Å². The Morgan fingerprint density at radius 3 is 2.94 bits per heavy atom. The second kappa shape index (κ2) is 5.50. The monoisotopic (exact) mass is 227 g/mol. The third kappa shape index (κ3) is 2.65. The first-order chi connectivity index (χ1) is 7.81. The van der Waals surface area contributed by atoms with Crippen molar-refractivity contribution < 1.29 is 9.94 Å². The highest BCUT2D eigenvalue weighted by atomic mass is 16.5. The van der Waals surface area contributed by atoms with Gasteiger partial charge in [-0.25, -0.2) is 0 Å². The molecule has 16 heavy (non-hydrogen) atoms. The quantitative estimate of drug-likeness (QED) is 0.314. The van der Waals surface area contributed by atoms with Crippen molar-refractivity contribution in [2.24, 2.45) is 16.8 Å². The summed E-state index contributed by atoms with van der Waals surface area (Å²) < 4.78 is 5.50. The summed E-state index contributed by atoms with van der Waals surface area (Å²) in [7, 11) is 0. The van der Waals surface area contributed by atoms with Crippen molar-refractivity contribution in [2.45, 2.75) is 31.7 Å². The Bertz CT molecular complexity index is 252. The molecule has 2 aliphatic rings. The third-order valence-electron chi connectivity index (χ3n) is 3.64. The van der Waals surface area contributed by atoms with Crippen LogP contribution in [-0.4, -0.2) is 48.3 Å². The van der Waals surface area contributed by atoms with Crippen molar-refractivity contribution in [2.75, 3.05) is 26.3 Å². The van der Waals surface area contributed by atoms with Gasteiger partial charge < -0.3 is 15.7 Å². The fourth-order valence-electron chi connectivity index (χ4n) is 2.67. The Morgan fingerprint density at radius 1 is 1.38 bits per heavy atom. The molecule has 3 N–H and O–H groups in total. The molecule has 5 heteroatoms. The summed E-state index contributed by atoms with van der Waals surface area (Å²) in [5.74, 6) is 0.585. The van der Waals surface area contributed by atoms with E-state index in [0.29, 0.717) is 11.9 Å². The molecule has 0 radical (unpaired) electrons. The van der Waals surface area contributed by atoms with Gasteiger partial charge in [-0.15, -0.1) is 0 Å². The Kier molecular flexibility index (Phi) is 4.01. The van der Waals surface area contributed by atoms with Gasteiger partial charge in [-0.1, -0.05) is 5.16 Å². The van der Waals surface area contributed by atoms with Gasteiger partial charge in [0.05, 0.1) is 6.61 Å². The lowest BCUT2D eigenvalue weighted by atomic mass is 9.94. The second-order valence-electron chi connectivity index (χ2n) is 4.73. The maximum Gasteiger partial charge on any atom is 0.143 e. The molecule has 0 aromatic carbocycles. The van der Waals surface area contributed by atoms with E-state index in [2.05, 4.69) is 10.1 Å². The van der Waals surface area contributed by atoms with E-state index in [1.165, 1.54) is 6.42 Å². The van der Waals surface area contributed by atoms with Crippen molar-refractivity contribution in [1.29, 1.82) is 0 Å². The standard InChI is InChI=1S/C11H21N3O2/c12-11(13-15)9-3-1-5-14(7-9)10-4-2-6-16-8-10/h9-10,15H,1-8H2,(H2,12,13). The lowest BCUT2D eigenvalue weighted by molar-refractivity contribution is 0.00656. The normalized spacial score (nSPS) is 33.9. The summed E-state index contributed by atoms with van der Waals surface area (Å²) in [5.41, 5.74) is 5.68. The lowest BCUT2D eigenvalue weighted by Crippen LogP contribution is -2.48. The van der Waals surface area contributed by atoms with Crippen molar-refractivity contribution in [3.05, 3.63) is 0 Å². The van der Waals surface area contributed by atoms with E-state index in [9.17, 15) is 0 Å². The van der Waals surface area contributed by atoms with E-state index in [-0.39, 0.29) is 5.92 Å². The van der Waals surface area contributed by atoms with Crippen LogP contribution in [0.2, 0.25) is 0 Å². The van der Waals surface area contributed by atoms with Crippen LogP contribution < -0.4 is 5.73 Å². The van der Waals surface area contributed by atoms with Gasteiger partial charge in [0.2, 0.25) is 0 Å². The van der Waals surface area contributed by atoms with E-state index in [0.717, 1.165) is 45.6 Å². The minimum Gasteiger partial charge on any atom is -0.409 e. The van der Waals surface area contributed by atoms with Crippen LogP contribution in [0.3, 0.4) is 0 Å². The first-order valence-electron chi connectivity index (χ1n) is 6.10. The highest BCUT2D eigenvalue weighted by molar-refractivity contribution is 5.82. The fourth-order valence-corrected chi connectivity index (χ4v) is 2.67. The summed E-state index contributed by atoms with van der Waals surface area (Å²) in [6.07, 6.45) is 4.51. The predicted octanol–water partition coefficient (Wildman–Crippen LogP) is 0.624. The zero-order valence-corrected chi connectivity index (χ0v) is 9.64. The number of amidine groups is 1. The maximum absolute atomic E-state index is 8.70. The predicted molar refractivity (Wildman–Crippen MR) is 61.5 cm³/mol. The number of hydrogen-bond acceptors (Lipinski definition) is 4. The van der Waals surface area contributed by atoms with Gasteiger partial charge in [0, 0.05) is 25.1 Å². The molecule has 2 fully saturated rings. The average Bonchev–Trinajstić information content (AvgIpc) is 2.39. The van der Waals surface area contributed by atoms with Gasteiger partial charge in [-0.05, 0) is 32.2 Å². The Balaban J connectivity index is 1.90. The van der Waals surface area contributed by atoms with Crippen molar-refractivity contribution >= 4 is 5.84 Å². The SMILES string of the molecule is NC(=NO)C1CCCN(C2CCCOC2)C1. The van der Waals surface area contributed by atoms with Gasteiger partial charge in [0.15, 0.2) is 0 Å². The molecule has 2 rings (SSSR count). The number of piperidine rings is 1. The van der Waals surface area contributed by atoms with Crippen molar-refractivity contribution in [3.8, 4) is 0 Å². The first-order valence-corrected chi connectivity index (χ1v) is 6.10. The number of hydrogen-bond donors (Lipinski definition) is 2. The van der Waals surface area contributed by atoms with Gasteiger partial charge in [-0.2, -0.15) is 0 Å². The van der Waals surface area contributed by atoms with Gasteiger partial charge in [-0.3, -0.25) is 4.90 Å². The van der Waals surface area contributed by atoms with E-state index < -0.39 is 0 Å². The third-order valence-corrected chi connectivity index (χ3v) is 3.64. The van der Waals surface area contributed by atoms with Gasteiger partial charge in [0.25, 0.3) is 0 Å². The molecule has 5 nitrogen and oxygen atoms in total. The molecule has 0 spiro atoms. The van der Waals surface area contributed by atoms with Crippen molar-refractivity contribution in [3.63, 3.8) is 0 Å². The second-order valence-corrected chi connectivity index (χ2v) is 4.73. The zero-order chi connectivity index (χ0) is 11.4.